The molecule has 43 heavy (non-hydrogen) atoms. The van der Waals surface area contributed by atoms with Crippen LogP contribution in [0.3, 0.4) is 0 Å². The first-order valence-corrected chi connectivity index (χ1v) is 14.5. The van der Waals surface area contributed by atoms with Crippen molar-refractivity contribution in [3.63, 3.8) is 0 Å². The lowest BCUT2D eigenvalue weighted by atomic mass is 9.94. The maximum absolute atomic E-state index is 14.6. The molecule has 0 aromatic heterocycles. The Labute approximate surface area is 253 Å². The number of aliphatic imine (C=N–C) groups is 2. The number of carbonyl (C=O) groups excluding carboxylic acids is 3. The first kappa shape index (κ1) is 30.6. The molecule has 2 aromatic carbocycles. The highest BCUT2D eigenvalue weighted by Crippen LogP contribution is 2.28. The summed E-state index contributed by atoms with van der Waals surface area (Å²) in [6.45, 7) is 5.06. The van der Waals surface area contributed by atoms with E-state index in [2.05, 4.69) is 20.6 Å². The zero-order valence-corrected chi connectivity index (χ0v) is 24.7. The maximum Gasteiger partial charge on any atom is 0.274 e. The SMILES string of the molecule is COc1ccc(C2=NC(C)(C(=O)Nc3ccc(C(=O)N4CCN(C(=O)CC5CCNCC5)CC4)c(Cl)c3)N=C2)c(F)c1F. The molecule has 2 aromatic rings. The van der Waals surface area contributed by atoms with Crippen molar-refractivity contribution in [3.8, 4) is 5.75 Å². The standard InChI is InChI=1S/C30H33ClF2N6O4/c1-30(35-17-23(37-30)21-5-6-24(43-2)27(33)26(21)32)29(42)36-19-3-4-20(22(31)16-19)28(41)39-13-11-38(12-14-39)25(40)15-18-7-9-34-10-8-18/h3-6,16-18,34H,7-15H2,1-2H3,(H,36,42). The van der Waals surface area contributed by atoms with E-state index in [4.69, 9.17) is 16.3 Å². The van der Waals surface area contributed by atoms with Crippen molar-refractivity contribution >= 4 is 46.9 Å². The fraction of sp³-hybridized carbons (Fsp3) is 0.433. The molecular formula is C30H33ClF2N6O4. The Morgan fingerprint density at radius 3 is 2.44 bits per heavy atom. The first-order valence-electron chi connectivity index (χ1n) is 14.2. The second-order valence-electron chi connectivity index (χ2n) is 10.9. The molecule has 10 nitrogen and oxygen atoms in total. The number of halogens is 3. The van der Waals surface area contributed by atoms with Gasteiger partial charge in [-0.15, -0.1) is 0 Å². The number of carbonyl (C=O) groups is 3. The van der Waals surface area contributed by atoms with Crippen LogP contribution in [0.15, 0.2) is 40.3 Å². The Bertz CT molecular complexity index is 1490. The molecule has 3 aliphatic heterocycles. The van der Waals surface area contributed by atoms with Crippen LogP contribution in [0.1, 0.15) is 42.1 Å². The van der Waals surface area contributed by atoms with Crippen LogP contribution in [-0.2, 0) is 9.59 Å². The van der Waals surface area contributed by atoms with Crippen molar-refractivity contribution < 1.29 is 27.9 Å². The van der Waals surface area contributed by atoms with E-state index < -0.39 is 23.2 Å². The average Bonchev–Trinajstić information content (AvgIpc) is 3.41. The van der Waals surface area contributed by atoms with Crippen molar-refractivity contribution in [2.45, 2.75) is 31.8 Å². The summed E-state index contributed by atoms with van der Waals surface area (Å²) < 4.78 is 33.5. The lowest BCUT2D eigenvalue weighted by Crippen LogP contribution is -2.51. The summed E-state index contributed by atoms with van der Waals surface area (Å²) in [5.41, 5.74) is -1.21. The van der Waals surface area contributed by atoms with Crippen molar-refractivity contribution in [1.82, 2.24) is 15.1 Å². The monoisotopic (exact) mass is 614 g/mol. The van der Waals surface area contributed by atoms with Gasteiger partial charge >= 0.3 is 0 Å². The van der Waals surface area contributed by atoms with E-state index in [1.165, 1.54) is 44.5 Å². The maximum atomic E-state index is 14.6. The first-order chi connectivity index (χ1) is 20.6. The number of benzene rings is 2. The number of methoxy groups -OCH3 is 1. The molecule has 2 N–H and O–H groups in total. The smallest absolute Gasteiger partial charge is 0.274 e. The Morgan fingerprint density at radius 2 is 1.77 bits per heavy atom. The van der Waals surface area contributed by atoms with Crippen LogP contribution in [0.25, 0.3) is 0 Å². The molecule has 3 aliphatic rings. The number of piperidine rings is 1. The van der Waals surface area contributed by atoms with Gasteiger partial charge in [0.25, 0.3) is 11.8 Å². The van der Waals surface area contributed by atoms with Gasteiger partial charge in [-0.3, -0.25) is 19.4 Å². The number of hydrogen-bond donors (Lipinski definition) is 2. The third-order valence-corrected chi connectivity index (χ3v) is 8.36. The lowest BCUT2D eigenvalue weighted by Gasteiger charge is -2.36. The topological polar surface area (TPSA) is 116 Å². The second kappa shape index (κ2) is 12.8. The van der Waals surface area contributed by atoms with E-state index in [9.17, 15) is 23.2 Å². The molecule has 2 fully saturated rings. The van der Waals surface area contributed by atoms with E-state index in [0.717, 1.165) is 25.9 Å². The van der Waals surface area contributed by atoms with Crippen LogP contribution in [0.2, 0.25) is 5.02 Å². The Balaban J connectivity index is 1.18. The minimum absolute atomic E-state index is 0.00348. The number of hydrogen-bond acceptors (Lipinski definition) is 7. The van der Waals surface area contributed by atoms with Crippen molar-refractivity contribution in [1.29, 1.82) is 0 Å². The lowest BCUT2D eigenvalue weighted by molar-refractivity contribution is -0.133. The van der Waals surface area contributed by atoms with Crippen LogP contribution in [0.5, 0.6) is 5.75 Å². The minimum Gasteiger partial charge on any atom is -0.494 e. The van der Waals surface area contributed by atoms with Crippen molar-refractivity contribution in [2.75, 3.05) is 51.7 Å². The van der Waals surface area contributed by atoms with E-state index in [-0.39, 0.29) is 39.4 Å². The Morgan fingerprint density at radius 1 is 1.07 bits per heavy atom. The van der Waals surface area contributed by atoms with Gasteiger partial charge < -0.3 is 25.2 Å². The Kier molecular flexibility index (Phi) is 9.07. The van der Waals surface area contributed by atoms with Crippen molar-refractivity contribution in [2.24, 2.45) is 15.9 Å². The molecule has 2 saturated heterocycles. The molecule has 1 atom stereocenters. The van der Waals surface area contributed by atoms with Crippen LogP contribution in [0.4, 0.5) is 14.5 Å². The number of nitrogens with one attached hydrogen (secondary N) is 2. The van der Waals surface area contributed by atoms with Gasteiger partial charge in [-0.1, -0.05) is 11.6 Å². The molecular weight excluding hydrogens is 582 g/mol. The van der Waals surface area contributed by atoms with Gasteiger partial charge in [0.1, 0.15) is 0 Å². The number of rotatable bonds is 7. The molecule has 0 saturated carbocycles. The second-order valence-corrected chi connectivity index (χ2v) is 11.3. The number of nitrogens with zero attached hydrogens (tertiary/aromatic N) is 4. The summed E-state index contributed by atoms with van der Waals surface area (Å²) in [4.78, 5) is 50.9. The van der Waals surface area contributed by atoms with E-state index in [1.807, 2.05) is 4.90 Å². The average molecular weight is 615 g/mol. The van der Waals surface area contributed by atoms with Gasteiger partial charge in [0.2, 0.25) is 17.4 Å². The number of amides is 3. The molecule has 13 heteroatoms. The summed E-state index contributed by atoms with van der Waals surface area (Å²) in [5.74, 6) is -2.93. The number of anilines is 1. The van der Waals surface area contributed by atoms with Gasteiger partial charge in [-0.05, 0) is 69.1 Å². The molecule has 3 amide bonds. The fourth-order valence-electron chi connectivity index (χ4n) is 5.41. The van der Waals surface area contributed by atoms with Gasteiger partial charge in [-0.25, -0.2) is 9.38 Å². The van der Waals surface area contributed by atoms with Gasteiger partial charge in [-0.2, -0.15) is 4.39 Å². The summed E-state index contributed by atoms with van der Waals surface area (Å²) in [7, 11) is 1.23. The summed E-state index contributed by atoms with van der Waals surface area (Å²) >= 11 is 6.46. The normalized spacial score (nSPS) is 20.6. The predicted molar refractivity (Wildman–Crippen MR) is 159 cm³/mol. The van der Waals surface area contributed by atoms with E-state index in [0.29, 0.717) is 44.2 Å². The molecule has 0 bridgehead atoms. The van der Waals surface area contributed by atoms with Crippen molar-refractivity contribution in [3.05, 3.63) is 58.1 Å². The van der Waals surface area contributed by atoms with Crippen LogP contribution < -0.4 is 15.4 Å². The number of piperazine rings is 1. The van der Waals surface area contributed by atoms with Crippen LogP contribution in [0, 0.1) is 17.6 Å². The third-order valence-electron chi connectivity index (χ3n) is 8.05. The predicted octanol–water partition coefficient (Wildman–Crippen LogP) is 3.53. The molecule has 0 spiro atoms. The zero-order chi connectivity index (χ0) is 30.7. The zero-order valence-electron chi connectivity index (χ0n) is 24.0. The van der Waals surface area contributed by atoms with Gasteiger partial charge in [0.05, 0.1) is 29.6 Å². The Hall–Kier alpha value is -3.90. The van der Waals surface area contributed by atoms with Gasteiger partial charge in [0.15, 0.2) is 11.6 Å². The fourth-order valence-corrected chi connectivity index (χ4v) is 5.67. The molecule has 228 valence electrons. The highest BCUT2D eigenvalue weighted by atomic mass is 35.5. The largest absolute Gasteiger partial charge is 0.494 e. The molecule has 0 radical (unpaired) electrons. The van der Waals surface area contributed by atoms with E-state index >= 15 is 0 Å². The summed E-state index contributed by atoms with van der Waals surface area (Å²) in [6, 6.07) is 7.09. The van der Waals surface area contributed by atoms with Gasteiger partial charge in [0, 0.05) is 43.9 Å². The number of ether oxygens (including phenoxy) is 1. The summed E-state index contributed by atoms with van der Waals surface area (Å²) in [5, 5.41) is 6.13. The minimum atomic E-state index is -1.63. The van der Waals surface area contributed by atoms with E-state index in [1.54, 1.807) is 11.0 Å². The third kappa shape index (κ3) is 6.54. The molecule has 5 rings (SSSR count). The highest BCUT2D eigenvalue weighted by Gasteiger charge is 2.37. The molecule has 3 heterocycles. The molecule has 1 unspecified atom stereocenters. The molecule has 0 aliphatic carbocycles. The summed E-state index contributed by atoms with van der Waals surface area (Å²) in [6.07, 6.45) is 3.76. The highest BCUT2D eigenvalue weighted by molar-refractivity contribution is 6.40. The quantitative estimate of drug-likeness (QED) is 0.495. The van der Waals surface area contributed by atoms with Crippen LogP contribution in [-0.4, -0.2) is 91.5 Å². The van der Waals surface area contributed by atoms with Crippen LogP contribution >= 0.6 is 11.6 Å².